The Balaban J connectivity index is 1.37. The van der Waals surface area contributed by atoms with E-state index in [1.165, 1.54) is 0 Å². The second-order valence-electron chi connectivity index (χ2n) is 15.0. The van der Waals surface area contributed by atoms with Crippen LogP contribution in [-0.4, -0.2) is 65.8 Å². The van der Waals surface area contributed by atoms with E-state index in [0.717, 1.165) is 34.4 Å². The number of piperidine rings is 1. The minimum atomic E-state index is -0.822. The van der Waals surface area contributed by atoms with E-state index in [9.17, 15) is 19.2 Å². The van der Waals surface area contributed by atoms with Gasteiger partial charge in [0.1, 0.15) is 17.0 Å². The molecule has 1 aliphatic carbocycles. The average Bonchev–Trinajstić information content (AvgIpc) is 3.88. The van der Waals surface area contributed by atoms with Gasteiger partial charge in [0, 0.05) is 24.8 Å². The molecule has 0 radical (unpaired) electrons. The number of anilines is 2. The summed E-state index contributed by atoms with van der Waals surface area (Å²) in [6.45, 7) is 11.0. The first-order valence-corrected chi connectivity index (χ1v) is 17.0. The molecule has 2 aliphatic heterocycles. The Bertz CT molecular complexity index is 1740. The van der Waals surface area contributed by atoms with Crippen LogP contribution in [0.1, 0.15) is 72.3 Å². The first kappa shape index (κ1) is 34.0. The number of amides is 4. The smallest absolute Gasteiger partial charge is 0.421 e. The highest BCUT2D eigenvalue weighted by Crippen LogP contribution is 2.43. The predicted octanol–water partition coefficient (Wildman–Crippen LogP) is 7.55. The molecule has 0 spiro atoms. The zero-order valence-corrected chi connectivity index (χ0v) is 29.1. The Hall–Kier alpha value is -4.86. The largest absolute Gasteiger partial charge is 0.482 e. The summed E-state index contributed by atoms with van der Waals surface area (Å²) in [5, 5.41) is 0. The number of hydrogen-bond donors (Lipinski definition) is 0. The van der Waals surface area contributed by atoms with Crippen LogP contribution in [-0.2, 0) is 19.1 Å². The van der Waals surface area contributed by atoms with E-state index in [1.54, 1.807) is 48.8 Å². The van der Waals surface area contributed by atoms with Crippen molar-refractivity contribution in [1.29, 1.82) is 0 Å². The molecule has 3 aliphatic rings. The SMILES string of the molecule is CC(C)(C)OC(=O)N1CC[C@H](c2cccc(-c3ccccc3)c2)[C@@H](C(=O)N(c2ccc3c(c2)N(C(=O)OC(C)(C)C)C(=O)CO3)C2CC2)C1. The lowest BCUT2D eigenvalue weighted by Crippen LogP contribution is -2.51. The zero-order chi connectivity index (χ0) is 35.1. The molecule has 3 aromatic rings. The van der Waals surface area contributed by atoms with E-state index in [0.29, 0.717) is 24.4 Å². The fraction of sp³-hybridized carbons (Fsp3) is 0.436. The number of likely N-dealkylation sites (tertiary alicyclic amines) is 1. The van der Waals surface area contributed by atoms with Crippen molar-refractivity contribution >= 4 is 35.4 Å². The normalized spacial score (nSPS) is 19.4. The molecule has 49 heavy (non-hydrogen) atoms. The fourth-order valence-corrected chi connectivity index (χ4v) is 6.50. The standard InChI is InChI=1S/C39H45N3O7/c1-38(2,3)48-36(45)40-20-19-30(27-14-10-13-26(21-27)25-11-8-7-9-12-25)31(23-40)35(44)41(28-15-16-28)29-17-18-33-32(22-29)42(34(43)24-47-33)37(46)49-39(4,5)6/h7-14,17-18,21-22,28,30-31H,15-16,19-20,23-24H2,1-6H3/t30-,31+/m1/s1. The molecule has 0 bridgehead atoms. The highest BCUT2D eigenvalue weighted by molar-refractivity contribution is 6.15. The quantitative estimate of drug-likeness (QED) is 0.277. The molecule has 2 heterocycles. The van der Waals surface area contributed by atoms with Crippen molar-refractivity contribution in [2.24, 2.45) is 5.92 Å². The van der Waals surface area contributed by atoms with Gasteiger partial charge in [-0.15, -0.1) is 0 Å². The van der Waals surface area contributed by atoms with E-state index < -0.39 is 35.2 Å². The molecule has 0 aromatic heterocycles. The molecule has 0 unspecified atom stereocenters. The topological polar surface area (TPSA) is 106 Å². The van der Waals surface area contributed by atoms with E-state index in [2.05, 4.69) is 30.3 Å². The summed E-state index contributed by atoms with van der Waals surface area (Å²) in [6, 6.07) is 23.5. The summed E-state index contributed by atoms with van der Waals surface area (Å²) < 4.78 is 17.0. The summed E-state index contributed by atoms with van der Waals surface area (Å²) in [4.78, 5) is 58.9. The van der Waals surface area contributed by atoms with Crippen molar-refractivity contribution in [3.05, 3.63) is 78.4 Å². The number of carbonyl (C=O) groups excluding carboxylic acids is 4. The van der Waals surface area contributed by atoms with Crippen molar-refractivity contribution in [1.82, 2.24) is 4.90 Å². The number of fused-ring (bicyclic) bond motifs is 1. The third-order valence-electron chi connectivity index (χ3n) is 8.79. The van der Waals surface area contributed by atoms with Gasteiger partial charge in [0.15, 0.2) is 6.61 Å². The van der Waals surface area contributed by atoms with Gasteiger partial charge in [-0.3, -0.25) is 9.59 Å². The van der Waals surface area contributed by atoms with Gasteiger partial charge >= 0.3 is 12.2 Å². The summed E-state index contributed by atoms with van der Waals surface area (Å²) >= 11 is 0. The van der Waals surface area contributed by atoms with E-state index in [4.69, 9.17) is 14.2 Å². The lowest BCUT2D eigenvalue weighted by Gasteiger charge is -2.41. The van der Waals surface area contributed by atoms with Crippen LogP contribution in [0.3, 0.4) is 0 Å². The number of imide groups is 1. The van der Waals surface area contributed by atoms with Gasteiger partial charge in [0.05, 0.1) is 11.6 Å². The van der Waals surface area contributed by atoms with Crippen molar-refractivity contribution in [3.63, 3.8) is 0 Å². The fourth-order valence-electron chi connectivity index (χ4n) is 6.50. The van der Waals surface area contributed by atoms with Crippen molar-refractivity contribution in [3.8, 4) is 16.9 Å². The van der Waals surface area contributed by atoms with Gasteiger partial charge in [-0.25, -0.2) is 14.5 Å². The molecule has 3 aromatic carbocycles. The third-order valence-corrected chi connectivity index (χ3v) is 8.79. The second-order valence-corrected chi connectivity index (χ2v) is 15.0. The van der Waals surface area contributed by atoms with Crippen LogP contribution in [0.15, 0.2) is 72.8 Å². The van der Waals surface area contributed by atoms with Gasteiger partial charge < -0.3 is 24.0 Å². The van der Waals surface area contributed by atoms with Crippen LogP contribution < -0.4 is 14.5 Å². The lowest BCUT2D eigenvalue weighted by molar-refractivity contribution is -0.124. The highest BCUT2D eigenvalue weighted by atomic mass is 16.6. The summed E-state index contributed by atoms with van der Waals surface area (Å²) in [6.07, 6.45) is 0.945. The maximum Gasteiger partial charge on any atom is 0.421 e. The molecule has 6 rings (SSSR count). The number of nitrogens with zero attached hydrogens (tertiary/aromatic N) is 3. The number of benzene rings is 3. The molecule has 258 valence electrons. The summed E-state index contributed by atoms with van der Waals surface area (Å²) in [7, 11) is 0. The second kappa shape index (κ2) is 13.2. The summed E-state index contributed by atoms with van der Waals surface area (Å²) in [5.41, 5.74) is 2.44. The maximum absolute atomic E-state index is 15.0. The Morgan fingerprint density at radius 2 is 1.47 bits per heavy atom. The highest BCUT2D eigenvalue weighted by Gasteiger charge is 2.45. The Labute approximate surface area is 287 Å². The average molecular weight is 668 g/mol. The van der Waals surface area contributed by atoms with E-state index in [1.807, 2.05) is 45.0 Å². The van der Waals surface area contributed by atoms with Gasteiger partial charge in [-0.05, 0) is 102 Å². The number of hydrogen-bond acceptors (Lipinski definition) is 7. The van der Waals surface area contributed by atoms with Gasteiger partial charge in [-0.1, -0.05) is 54.6 Å². The molecule has 2 atom stereocenters. The monoisotopic (exact) mass is 667 g/mol. The predicted molar refractivity (Wildman–Crippen MR) is 187 cm³/mol. The Morgan fingerprint density at radius 3 is 2.14 bits per heavy atom. The third kappa shape index (κ3) is 7.74. The molecular weight excluding hydrogens is 622 g/mol. The molecule has 10 heteroatoms. The molecule has 0 N–H and O–H groups in total. The molecule has 2 fully saturated rings. The number of carbonyl (C=O) groups is 4. The van der Waals surface area contributed by atoms with E-state index in [-0.39, 0.29) is 36.7 Å². The molecule has 1 saturated heterocycles. The minimum Gasteiger partial charge on any atom is -0.482 e. The van der Waals surface area contributed by atoms with Crippen LogP contribution in [0.25, 0.3) is 11.1 Å². The summed E-state index contributed by atoms with van der Waals surface area (Å²) in [5.74, 6) is -1.08. The van der Waals surface area contributed by atoms with Crippen molar-refractivity contribution in [2.75, 3.05) is 29.5 Å². The minimum absolute atomic E-state index is 0.0612. The number of rotatable bonds is 5. The van der Waals surface area contributed by atoms with Crippen LogP contribution >= 0.6 is 0 Å². The zero-order valence-electron chi connectivity index (χ0n) is 29.1. The molecule has 4 amide bonds. The lowest BCUT2D eigenvalue weighted by atomic mass is 9.79. The molecular formula is C39H45N3O7. The van der Waals surface area contributed by atoms with Gasteiger partial charge in [0.2, 0.25) is 5.91 Å². The van der Waals surface area contributed by atoms with Gasteiger partial charge in [-0.2, -0.15) is 0 Å². The van der Waals surface area contributed by atoms with Crippen LogP contribution in [0.2, 0.25) is 0 Å². The Kier molecular flexibility index (Phi) is 9.17. The van der Waals surface area contributed by atoms with Crippen LogP contribution in [0.4, 0.5) is 21.0 Å². The Morgan fingerprint density at radius 1 is 0.796 bits per heavy atom. The van der Waals surface area contributed by atoms with Crippen molar-refractivity contribution < 1.29 is 33.4 Å². The first-order valence-electron chi connectivity index (χ1n) is 17.0. The van der Waals surface area contributed by atoms with Gasteiger partial charge in [0.25, 0.3) is 5.91 Å². The molecule has 10 nitrogen and oxygen atoms in total. The van der Waals surface area contributed by atoms with Crippen LogP contribution in [0.5, 0.6) is 5.75 Å². The van der Waals surface area contributed by atoms with Crippen LogP contribution in [0, 0.1) is 5.92 Å². The molecule has 1 saturated carbocycles. The van der Waals surface area contributed by atoms with E-state index >= 15 is 0 Å². The van der Waals surface area contributed by atoms with Crippen molar-refractivity contribution in [2.45, 2.75) is 84.0 Å². The first-order chi connectivity index (χ1) is 23.2. The maximum atomic E-state index is 15.0. The number of ether oxygens (including phenoxy) is 3.